The van der Waals surface area contributed by atoms with Crippen molar-refractivity contribution in [2.75, 3.05) is 13.2 Å². The molecule has 0 fully saturated rings. The number of nitrogens with one attached hydrogen (secondary N) is 3. The molecule has 3 rings (SSSR count). The molecule has 0 aromatic heterocycles. The average Bonchev–Trinajstić information content (AvgIpc) is 2.94. The van der Waals surface area contributed by atoms with Crippen molar-refractivity contribution in [2.24, 2.45) is 0 Å². The van der Waals surface area contributed by atoms with Crippen LogP contribution in [0.4, 0.5) is 4.79 Å². The molecule has 144 valence electrons. The van der Waals surface area contributed by atoms with Crippen LogP contribution in [-0.2, 0) is 4.84 Å². The first kappa shape index (κ1) is 18.9. The first-order chi connectivity index (χ1) is 13.5. The summed E-state index contributed by atoms with van der Waals surface area (Å²) in [5.41, 5.74) is 5.08. The van der Waals surface area contributed by atoms with Crippen LogP contribution in [0.5, 0.6) is 5.75 Å². The van der Waals surface area contributed by atoms with Gasteiger partial charge in [0.05, 0.1) is 11.1 Å². The fraction of sp³-hybridized carbons (Fsp3) is 0.111. The van der Waals surface area contributed by atoms with E-state index in [0.29, 0.717) is 27.5 Å². The molecule has 10 nitrogen and oxygen atoms in total. The van der Waals surface area contributed by atoms with Crippen LogP contribution in [0.3, 0.4) is 0 Å². The van der Waals surface area contributed by atoms with Crippen molar-refractivity contribution in [2.45, 2.75) is 0 Å². The predicted molar refractivity (Wildman–Crippen MR) is 96.0 cm³/mol. The van der Waals surface area contributed by atoms with Crippen molar-refractivity contribution < 1.29 is 29.1 Å². The first-order valence-corrected chi connectivity index (χ1v) is 8.15. The van der Waals surface area contributed by atoms with Gasteiger partial charge in [0.15, 0.2) is 0 Å². The minimum absolute atomic E-state index is 0.0466. The molecule has 0 spiro atoms. The molecule has 1 heterocycles. The van der Waals surface area contributed by atoms with E-state index in [2.05, 4.69) is 5.43 Å². The van der Waals surface area contributed by atoms with E-state index in [-0.39, 0.29) is 19.0 Å². The molecule has 0 aliphatic carbocycles. The van der Waals surface area contributed by atoms with Gasteiger partial charge >= 0.3 is 6.09 Å². The second kappa shape index (κ2) is 8.18. The van der Waals surface area contributed by atoms with Gasteiger partial charge < -0.3 is 9.84 Å². The van der Waals surface area contributed by atoms with Crippen molar-refractivity contribution in [3.8, 4) is 5.75 Å². The van der Waals surface area contributed by atoms with E-state index < -0.39 is 17.9 Å². The van der Waals surface area contributed by atoms with Crippen molar-refractivity contribution in [3.05, 3.63) is 65.2 Å². The molecule has 2 aromatic carbocycles. The maximum atomic E-state index is 12.2. The Hall–Kier alpha value is -3.92. The number of carboxylic acid groups (broad SMARTS) is 1. The fourth-order valence-electron chi connectivity index (χ4n) is 2.50. The van der Waals surface area contributed by atoms with Gasteiger partial charge in [-0.05, 0) is 24.3 Å². The summed E-state index contributed by atoms with van der Waals surface area (Å²) in [5, 5.41) is 17.0. The minimum atomic E-state index is -1.32. The lowest BCUT2D eigenvalue weighted by Gasteiger charge is -2.14. The monoisotopic (exact) mass is 384 g/mol. The zero-order chi connectivity index (χ0) is 20.1. The second-order valence-corrected chi connectivity index (χ2v) is 5.59. The lowest BCUT2D eigenvalue weighted by Crippen LogP contribution is -2.40. The van der Waals surface area contributed by atoms with Crippen LogP contribution in [0, 0.1) is 5.41 Å². The molecule has 1 aliphatic heterocycles. The highest BCUT2D eigenvalue weighted by Gasteiger charge is 2.36. The van der Waals surface area contributed by atoms with Gasteiger partial charge in [0.2, 0.25) is 0 Å². The van der Waals surface area contributed by atoms with E-state index in [1.807, 2.05) is 5.43 Å². The van der Waals surface area contributed by atoms with E-state index >= 15 is 0 Å². The zero-order valence-electron chi connectivity index (χ0n) is 14.5. The summed E-state index contributed by atoms with van der Waals surface area (Å²) in [6, 6.07) is 12.9. The second-order valence-electron chi connectivity index (χ2n) is 5.59. The molecule has 1 aliphatic rings. The number of ether oxygens (including phenoxy) is 1. The summed E-state index contributed by atoms with van der Waals surface area (Å²) in [5.74, 6) is -0.790. The van der Waals surface area contributed by atoms with Gasteiger partial charge in [0.25, 0.3) is 11.8 Å². The lowest BCUT2D eigenvalue weighted by atomic mass is 10.1. The lowest BCUT2D eigenvalue weighted by molar-refractivity contribution is -0.0976. The summed E-state index contributed by atoms with van der Waals surface area (Å²) in [7, 11) is 0. The van der Waals surface area contributed by atoms with Gasteiger partial charge in [0, 0.05) is 5.56 Å². The van der Waals surface area contributed by atoms with Crippen LogP contribution in [0.15, 0.2) is 48.5 Å². The molecular formula is C18H16N4O6. The fourth-order valence-corrected chi connectivity index (χ4v) is 2.50. The molecule has 0 atom stereocenters. The van der Waals surface area contributed by atoms with Crippen LogP contribution >= 0.6 is 0 Å². The van der Waals surface area contributed by atoms with Gasteiger partial charge in [0.1, 0.15) is 24.8 Å². The number of benzene rings is 2. The number of hydrogen-bond acceptors (Lipinski definition) is 6. The average molecular weight is 384 g/mol. The number of fused-ring (bicyclic) bond motifs is 1. The quantitative estimate of drug-likeness (QED) is 0.194. The number of amides is 3. The highest BCUT2D eigenvalue weighted by Crippen LogP contribution is 2.22. The molecule has 0 saturated heterocycles. The smallest absolute Gasteiger partial charge is 0.423 e. The van der Waals surface area contributed by atoms with Gasteiger partial charge in [-0.3, -0.25) is 25.3 Å². The Bertz CT molecular complexity index is 910. The van der Waals surface area contributed by atoms with Crippen molar-refractivity contribution in [1.82, 2.24) is 15.9 Å². The normalized spacial score (nSPS) is 12.5. The van der Waals surface area contributed by atoms with E-state index in [4.69, 9.17) is 20.1 Å². The molecule has 0 saturated carbocycles. The Morgan fingerprint density at radius 2 is 1.68 bits per heavy atom. The molecule has 4 N–H and O–H groups in total. The van der Waals surface area contributed by atoms with E-state index in [1.165, 1.54) is 6.07 Å². The summed E-state index contributed by atoms with van der Waals surface area (Å²) in [6.45, 7) is -0.00302. The topological polar surface area (TPSA) is 141 Å². The van der Waals surface area contributed by atoms with E-state index in [1.54, 1.807) is 42.5 Å². The Morgan fingerprint density at radius 1 is 1.00 bits per heavy atom. The van der Waals surface area contributed by atoms with Gasteiger partial charge in [-0.15, -0.1) is 5.06 Å². The first-order valence-electron chi connectivity index (χ1n) is 8.15. The van der Waals surface area contributed by atoms with Crippen molar-refractivity contribution >= 4 is 23.7 Å². The van der Waals surface area contributed by atoms with Crippen molar-refractivity contribution in [3.63, 3.8) is 0 Å². The molecule has 2 aromatic rings. The Kier molecular flexibility index (Phi) is 5.51. The Balaban J connectivity index is 1.50. The van der Waals surface area contributed by atoms with E-state index in [9.17, 15) is 14.4 Å². The van der Waals surface area contributed by atoms with Gasteiger partial charge in [-0.2, -0.15) is 0 Å². The highest BCUT2D eigenvalue weighted by molar-refractivity contribution is 6.20. The third-order valence-corrected chi connectivity index (χ3v) is 3.75. The van der Waals surface area contributed by atoms with Gasteiger partial charge in [-0.25, -0.2) is 10.2 Å². The number of nitrogens with zero attached hydrogens (tertiary/aromatic N) is 1. The SMILES string of the molecule is N=C(NNC(=O)O)c1cccc(OCCON2C(=O)c3ccccc3C2=O)c1. The van der Waals surface area contributed by atoms with Crippen LogP contribution in [0.2, 0.25) is 0 Å². The number of imide groups is 1. The number of hydroxylamine groups is 2. The molecule has 0 unspecified atom stereocenters. The summed E-state index contributed by atoms with van der Waals surface area (Å²) < 4.78 is 5.49. The maximum absolute atomic E-state index is 12.2. The maximum Gasteiger partial charge on any atom is 0.423 e. The summed E-state index contributed by atoms with van der Waals surface area (Å²) >= 11 is 0. The van der Waals surface area contributed by atoms with Gasteiger partial charge in [-0.1, -0.05) is 24.3 Å². The highest BCUT2D eigenvalue weighted by atomic mass is 16.7. The largest absolute Gasteiger partial charge is 0.491 e. The molecule has 0 bridgehead atoms. The standard InChI is InChI=1S/C18H16N4O6/c19-15(20-21-18(25)26)11-4-3-5-12(10-11)27-8-9-28-22-16(23)13-6-1-2-7-14(13)17(22)24/h1-7,10,21H,8-9H2,(H2,19,20)(H,25,26). The molecule has 28 heavy (non-hydrogen) atoms. The number of hydrazine groups is 1. The molecule has 3 amide bonds. The van der Waals surface area contributed by atoms with Crippen LogP contribution in [0.25, 0.3) is 0 Å². The van der Waals surface area contributed by atoms with Crippen LogP contribution in [0.1, 0.15) is 26.3 Å². The summed E-state index contributed by atoms with van der Waals surface area (Å²) in [4.78, 5) is 40.0. The number of carbonyl (C=O) groups is 3. The number of carbonyl (C=O) groups excluding carboxylic acids is 2. The van der Waals surface area contributed by atoms with E-state index in [0.717, 1.165) is 0 Å². The Morgan fingerprint density at radius 3 is 2.32 bits per heavy atom. The van der Waals surface area contributed by atoms with Crippen molar-refractivity contribution in [1.29, 1.82) is 5.41 Å². The molecule has 10 heteroatoms. The third-order valence-electron chi connectivity index (χ3n) is 3.75. The number of amidine groups is 1. The number of hydrogen-bond donors (Lipinski definition) is 4. The van der Waals surface area contributed by atoms with Crippen LogP contribution in [-0.4, -0.2) is 47.1 Å². The molecular weight excluding hydrogens is 368 g/mol. The summed E-state index contributed by atoms with van der Waals surface area (Å²) in [6.07, 6.45) is -1.32. The number of rotatable bonds is 6. The third kappa shape index (κ3) is 4.07. The zero-order valence-corrected chi connectivity index (χ0v) is 14.5. The van der Waals surface area contributed by atoms with Crippen LogP contribution < -0.4 is 15.6 Å². The predicted octanol–water partition coefficient (Wildman–Crippen LogP) is 1.39. The Labute approximate surface area is 159 Å². The minimum Gasteiger partial charge on any atom is -0.491 e. The molecule has 0 radical (unpaired) electrons.